The van der Waals surface area contributed by atoms with Gasteiger partial charge in [0.05, 0.1) is 36.4 Å². The van der Waals surface area contributed by atoms with Crippen LogP contribution in [0.3, 0.4) is 0 Å². The first kappa shape index (κ1) is 20.9. The number of imide groups is 1. The Kier molecular flexibility index (Phi) is 4.88. The first-order valence-corrected chi connectivity index (χ1v) is 12.1. The molecule has 0 spiro atoms. The zero-order valence-corrected chi connectivity index (χ0v) is 19.3. The van der Waals surface area contributed by atoms with Gasteiger partial charge in [0.15, 0.2) is 5.78 Å². The van der Waals surface area contributed by atoms with Crippen molar-refractivity contribution in [2.45, 2.75) is 18.6 Å². The Labute approximate surface area is 201 Å². The van der Waals surface area contributed by atoms with Crippen molar-refractivity contribution < 1.29 is 19.1 Å². The molecule has 0 aliphatic carbocycles. The van der Waals surface area contributed by atoms with Crippen molar-refractivity contribution in [2.75, 3.05) is 7.11 Å². The first-order valence-electron chi connectivity index (χ1n) is 11.2. The van der Waals surface area contributed by atoms with E-state index in [1.54, 1.807) is 13.2 Å². The lowest BCUT2D eigenvalue weighted by molar-refractivity contribution is -0.142. The first-order chi connectivity index (χ1) is 16.6. The van der Waals surface area contributed by atoms with Crippen LogP contribution in [0, 0.1) is 11.8 Å². The SMILES string of the molecule is COc1ccc(CN2C(=O)[C@@H]3[C@H](C2=O)[C@H]2c4ccccc4C=CN2[C@@H]3C(=O)c2cccs2)cc1. The van der Waals surface area contributed by atoms with E-state index in [1.807, 2.05) is 77.2 Å². The molecule has 6 rings (SSSR count). The number of likely N-dealkylation sites (tertiary alicyclic amines) is 1. The zero-order chi connectivity index (χ0) is 23.4. The van der Waals surface area contributed by atoms with E-state index in [1.165, 1.54) is 16.2 Å². The molecule has 0 bridgehead atoms. The molecule has 4 heterocycles. The number of hydrogen-bond acceptors (Lipinski definition) is 6. The zero-order valence-electron chi connectivity index (χ0n) is 18.5. The number of rotatable bonds is 5. The van der Waals surface area contributed by atoms with E-state index >= 15 is 0 Å². The Bertz CT molecular complexity index is 1310. The molecule has 7 heteroatoms. The third-order valence-corrected chi connectivity index (χ3v) is 7.97. The number of ketones is 1. The third kappa shape index (κ3) is 3.04. The largest absolute Gasteiger partial charge is 0.497 e. The highest BCUT2D eigenvalue weighted by atomic mass is 32.1. The van der Waals surface area contributed by atoms with Crippen LogP contribution in [0.4, 0.5) is 0 Å². The topological polar surface area (TPSA) is 66.9 Å². The van der Waals surface area contributed by atoms with Gasteiger partial charge in [-0.05, 0) is 46.3 Å². The van der Waals surface area contributed by atoms with E-state index in [9.17, 15) is 14.4 Å². The van der Waals surface area contributed by atoms with E-state index in [0.29, 0.717) is 10.6 Å². The lowest BCUT2D eigenvalue weighted by Crippen LogP contribution is -2.43. The van der Waals surface area contributed by atoms with Gasteiger partial charge in [-0.2, -0.15) is 0 Å². The highest BCUT2D eigenvalue weighted by molar-refractivity contribution is 7.12. The second-order valence-electron chi connectivity index (χ2n) is 8.79. The monoisotopic (exact) mass is 470 g/mol. The minimum atomic E-state index is -0.721. The van der Waals surface area contributed by atoms with Crippen LogP contribution >= 0.6 is 11.3 Å². The van der Waals surface area contributed by atoms with Crippen LogP contribution in [0.2, 0.25) is 0 Å². The Balaban J connectivity index is 1.41. The van der Waals surface area contributed by atoms with Crippen LogP contribution in [0.15, 0.2) is 72.2 Å². The van der Waals surface area contributed by atoms with Gasteiger partial charge < -0.3 is 9.64 Å². The minimum absolute atomic E-state index is 0.107. The van der Waals surface area contributed by atoms with Crippen LogP contribution < -0.4 is 4.74 Å². The molecule has 2 amide bonds. The molecule has 1 aromatic heterocycles. The Morgan fingerprint density at radius 3 is 2.47 bits per heavy atom. The van der Waals surface area contributed by atoms with E-state index in [4.69, 9.17) is 4.74 Å². The molecule has 3 aliphatic rings. The second-order valence-corrected chi connectivity index (χ2v) is 9.73. The molecule has 0 radical (unpaired) electrons. The highest BCUT2D eigenvalue weighted by Crippen LogP contribution is 2.53. The lowest BCUT2D eigenvalue weighted by atomic mass is 9.84. The molecule has 2 saturated heterocycles. The summed E-state index contributed by atoms with van der Waals surface area (Å²) in [5.74, 6) is -1.22. The molecule has 3 aliphatic heterocycles. The van der Waals surface area contributed by atoms with Crippen LogP contribution in [0.25, 0.3) is 6.08 Å². The summed E-state index contributed by atoms with van der Waals surface area (Å²) >= 11 is 1.36. The lowest BCUT2D eigenvalue weighted by Gasteiger charge is -2.35. The van der Waals surface area contributed by atoms with Gasteiger partial charge in [0.2, 0.25) is 11.8 Å². The van der Waals surface area contributed by atoms with Crippen molar-refractivity contribution in [3.63, 3.8) is 0 Å². The van der Waals surface area contributed by atoms with Crippen LogP contribution in [0.5, 0.6) is 5.75 Å². The molecule has 2 fully saturated rings. The smallest absolute Gasteiger partial charge is 0.236 e. The number of nitrogens with zero attached hydrogens (tertiary/aromatic N) is 2. The fourth-order valence-electron chi connectivity index (χ4n) is 5.55. The van der Waals surface area contributed by atoms with Gasteiger partial charge in [0.1, 0.15) is 11.8 Å². The average Bonchev–Trinajstić information content (AvgIpc) is 3.58. The van der Waals surface area contributed by atoms with E-state index < -0.39 is 17.9 Å². The summed E-state index contributed by atoms with van der Waals surface area (Å²) in [6.07, 6.45) is 3.85. The minimum Gasteiger partial charge on any atom is -0.497 e. The van der Waals surface area contributed by atoms with E-state index in [-0.39, 0.29) is 30.2 Å². The highest BCUT2D eigenvalue weighted by Gasteiger charge is 2.64. The number of methoxy groups -OCH3 is 1. The fourth-order valence-corrected chi connectivity index (χ4v) is 6.25. The number of carbonyl (C=O) groups excluding carboxylic acids is 3. The number of thiophene rings is 1. The Morgan fingerprint density at radius 1 is 0.971 bits per heavy atom. The molecule has 2 aromatic carbocycles. The van der Waals surface area contributed by atoms with Crippen molar-refractivity contribution in [3.8, 4) is 5.75 Å². The predicted octanol–water partition coefficient (Wildman–Crippen LogP) is 4.15. The van der Waals surface area contributed by atoms with Crippen LogP contribution in [-0.2, 0) is 16.1 Å². The van der Waals surface area contributed by atoms with Crippen LogP contribution in [0.1, 0.15) is 32.4 Å². The fraction of sp³-hybridized carbons (Fsp3) is 0.222. The van der Waals surface area contributed by atoms with Crippen LogP contribution in [-0.4, -0.2) is 40.5 Å². The summed E-state index contributed by atoms with van der Waals surface area (Å²) < 4.78 is 5.21. The van der Waals surface area contributed by atoms with Crippen molar-refractivity contribution in [2.24, 2.45) is 11.8 Å². The van der Waals surface area contributed by atoms with Gasteiger partial charge in [-0.3, -0.25) is 19.3 Å². The van der Waals surface area contributed by atoms with Gasteiger partial charge in [0, 0.05) is 6.20 Å². The molecular formula is C27H22N2O4S. The normalized spacial score (nSPS) is 24.7. The molecule has 4 atom stereocenters. The summed E-state index contributed by atoms with van der Waals surface area (Å²) in [7, 11) is 1.59. The summed E-state index contributed by atoms with van der Waals surface area (Å²) in [6.45, 7) is 0.179. The van der Waals surface area contributed by atoms with E-state index in [2.05, 4.69) is 0 Å². The number of benzene rings is 2. The van der Waals surface area contributed by atoms with E-state index in [0.717, 1.165) is 16.7 Å². The molecular weight excluding hydrogens is 448 g/mol. The van der Waals surface area contributed by atoms with Crippen molar-refractivity contribution in [1.82, 2.24) is 9.80 Å². The van der Waals surface area contributed by atoms with Gasteiger partial charge in [-0.1, -0.05) is 42.5 Å². The summed E-state index contributed by atoms with van der Waals surface area (Å²) in [6, 6.07) is 17.8. The second kappa shape index (κ2) is 7.95. The maximum atomic E-state index is 13.8. The summed E-state index contributed by atoms with van der Waals surface area (Å²) in [5.41, 5.74) is 2.83. The van der Waals surface area contributed by atoms with Crippen molar-refractivity contribution >= 4 is 35.0 Å². The van der Waals surface area contributed by atoms with Gasteiger partial charge in [-0.15, -0.1) is 11.3 Å². The number of carbonyl (C=O) groups is 3. The third-order valence-electron chi connectivity index (χ3n) is 7.09. The summed E-state index contributed by atoms with van der Waals surface area (Å²) in [4.78, 5) is 45.0. The maximum absolute atomic E-state index is 13.8. The molecule has 34 heavy (non-hydrogen) atoms. The standard InChI is InChI=1S/C27H22N2O4S/c1-33-18-10-8-16(9-11-18)15-29-26(31)21-22(27(29)32)24(25(30)20-7-4-14-34-20)28-13-12-17-5-2-3-6-19(17)23(21)28/h2-14,21-24H,15H2,1H3/t21-,22+,23+,24-/m0/s1. The molecule has 0 N–H and O–H groups in total. The number of ether oxygens (including phenoxy) is 1. The average molecular weight is 471 g/mol. The van der Waals surface area contributed by atoms with Gasteiger partial charge in [-0.25, -0.2) is 0 Å². The molecule has 0 saturated carbocycles. The maximum Gasteiger partial charge on any atom is 0.236 e. The van der Waals surface area contributed by atoms with Crippen molar-refractivity contribution in [1.29, 1.82) is 0 Å². The Morgan fingerprint density at radius 2 is 1.74 bits per heavy atom. The van der Waals surface area contributed by atoms with Gasteiger partial charge in [0.25, 0.3) is 0 Å². The van der Waals surface area contributed by atoms with Gasteiger partial charge >= 0.3 is 0 Å². The number of fused-ring (bicyclic) bond motifs is 5. The molecule has 6 nitrogen and oxygen atoms in total. The Hall–Kier alpha value is -3.71. The predicted molar refractivity (Wildman–Crippen MR) is 128 cm³/mol. The number of amides is 2. The molecule has 0 unspecified atom stereocenters. The molecule has 3 aromatic rings. The molecule has 170 valence electrons. The number of Topliss-reactive ketones (excluding diaryl/α,β-unsaturated/α-hetero) is 1. The quantitative estimate of drug-likeness (QED) is 0.414. The van der Waals surface area contributed by atoms with Crippen molar-refractivity contribution in [3.05, 3.63) is 93.8 Å². The number of hydrogen-bond donors (Lipinski definition) is 0. The summed E-state index contributed by atoms with van der Waals surface area (Å²) in [5, 5.41) is 1.86.